The predicted octanol–water partition coefficient (Wildman–Crippen LogP) is 4.62. The summed E-state index contributed by atoms with van der Waals surface area (Å²) in [6, 6.07) is 3.92. The fraction of sp³-hybridized carbons (Fsp3) is 0.533. The zero-order valence-corrected chi connectivity index (χ0v) is 13.1. The van der Waals surface area contributed by atoms with Gasteiger partial charge in [0.05, 0.1) is 17.1 Å². The van der Waals surface area contributed by atoms with Gasteiger partial charge >= 0.3 is 5.97 Å². The van der Waals surface area contributed by atoms with Gasteiger partial charge in [-0.3, -0.25) is 10.1 Å². The highest BCUT2D eigenvalue weighted by atomic mass is 35.5. The number of esters is 1. The summed E-state index contributed by atoms with van der Waals surface area (Å²) in [7, 11) is 0. The lowest BCUT2D eigenvalue weighted by Crippen LogP contribution is -2.14. The molecule has 0 saturated carbocycles. The number of nitro groups is 1. The number of benzene rings is 1. The Bertz CT molecular complexity index is 504. The minimum atomic E-state index is -0.616. The van der Waals surface area contributed by atoms with Crippen molar-refractivity contribution in [1.29, 1.82) is 0 Å². The molecule has 0 radical (unpaired) electrons. The van der Waals surface area contributed by atoms with E-state index in [4.69, 9.17) is 16.3 Å². The van der Waals surface area contributed by atoms with Crippen molar-refractivity contribution < 1.29 is 14.5 Å². The Balaban J connectivity index is 2.67. The molecule has 21 heavy (non-hydrogen) atoms. The number of ether oxygens (including phenoxy) is 1. The average molecular weight is 314 g/mol. The van der Waals surface area contributed by atoms with Crippen molar-refractivity contribution in [2.75, 3.05) is 6.61 Å². The molecule has 0 fully saturated rings. The SMILES string of the molecule is CCCCC(CC)COC(=O)c1ccc(Cl)c([N+](=O)[O-])c1. The summed E-state index contributed by atoms with van der Waals surface area (Å²) in [6.07, 6.45) is 4.16. The molecule has 116 valence electrons. The summed E-state index contributed by atoms with van der Waals surface area (Å²) in [6.45, 7) is 4.51. The van der Waals surface area contributed by atoms with E-state index < -0.39 is 10.9 Å². The maximum absolute atomic E-state index is 11.9. The molecular weight excluding hydrogens is 294 g/mol. The van der Waals surface area contributed by atoms with Crippen LogP contribution >= 0.6 is 11.6 Å². The number of rotatable bonds is 8. The topological polar surface area (TPSA) is 69.4 Å². The highest BCUT2D eigenvalue weighted by molar-refractivity contribution is 6.32. The maximum atomic E-state index is 11.9. The number of carbonyl (C=O) groups is 1. The number of hydrogen-bond donors (Lipinski definition) is 0. The Kier molecular flexibility index (Phi) is 7.15. The van der Waals surface area contributed by atoms with Crippen molar-refractivity contribution in [2.45, 2.75) is 39.5 Å². The molecule has 0 aliphatic heterocycles. The van der Waals surface area contributed by atoms with Crippen LogP contribution in [0.2, 0.25) is 5.02 Å². The maximum Gasteiger partial charge on any atom is 0.338 e. The Morgan fingerprint density at radius 3 is 2.71 bits per heavy atom. The summed E-state index contributed by atoms with van der Waals surface area (Å²) < 4.78 is 5.25. The minimum Gasteiger partial charge on any atom is -0.462 e. The van der Waals surface area contributed by atoms with Gasteiger partial charge in [-0.15, -0.1) is 0 Å². The largest absolute Gasteiger partial charge is 0.462 e. The van der Waals surface area contributed by atoms with Gasteiger partial charge in [0.25, 0.3) is 5.69 Å². The first kappa shape index (κ1) is 17.4. The van der Waals surface area contributed by atoms with Crippen LogP contribution < -0.4 is 0 Å². The lowest BCUT2D eigenvalue weighted by Gasteiger charge is -2.14. The van der Waals surface area contributed by atoms with Gasteiger partial charge < -0.3 is 4.74 Å². The van der Waals surface area contributed by atoms with Crippen LogP contribution in [0.5, 0.6) is 0 Å². The van der Waals surface area contributed by atoms with E-state index in [1.807, 2.05) is 0 Å². The minimum absolute atomic E-state index is 0.00549. The molecule has 0 amide bonds. The standard InChI is InChI=1S/C15H20ClNO4/c1-3-5-6-11(4-2)10-21-15(18)12-7-8-13(16)14(9-12)17(19)20/h7-9,11H,3-6,10H2,1-2H3. The fourth-order valence-electron chi connectivity index (χ4n) is 1.95. The van der Waals surface area contributed by atoms with Gasteiger partial charge in [-0.25, -0.2) is 4.79 Å². The molecule has 0 bridgehead atoms. The molecule has 1 atom stereocenters. The predicted molar refractivity (Wildman–Crippen MR) is 81.7 cm³/mol. The first-order valence-corrected chi connectivity index (χ1v) is 7.48. The van der Waals surface area contributed by atoms with E-state index >= 15 is 0 Å². The van der Waals surface area contributed by atoms with E-state index in [9.17, 15) is 14.9 Å². The summed E-state index contributed by atoms with van der Waals surface area (Å²) in [4.78, 5) is 22.1. The second-order valence-electron chi connectivity index (χ2n) is 4.94. The van der Waals surface area contributed by atoms with Crippen molar-refractivity contribution in [1.82, 2.24) is 0 Å². The van der Waals surface area contributed by atoms with E-state index in [0.29, 0.717) is 12.5 Å². The van der Waals surface area contributed by atoms with Gasteiger partial charge in [-0.05, 0) is 24.5 Å². The van der Waals surface area contributed by atoms with Crippen molar-refractivity contribution >= 4 is 23.3 Å². The molecule has 0 aliphatic rings. The molecule has 1 rings (SSSR count). The third-order valence-corrected chi connectivity index (χ3v) is 3.69. The van der Waals surface area contributed by atoms with Gasteiger partial charge in [0.2, 0.25) is 0 Å². The third kappa shape index (κ3) is 5.34. The summed E-state index contributed by atoms with van der Waals surface area (Å²) in [5.41, 5.74) is -0.138. The first-order valence-electron chi connectivity index (χ1n) is 7.10. The Labute approximate surface area is 129 Å². The monoisotopic (exact) mass is 313 g/mol. The number of halogens is 1. The number of nitrogens with zero attached hydrogens (tertiary/aromatic N) is 1. The highest BCUT2D eigenvalue weighted by Gasteiger charge is 2.18. The molecule has 1 aromatic rings. The van der Waals surface area contributed by atoms with Crippen LogP contribution in [0.1, 0.15) is 49.9 Å². The Morgan fingerprint density at radius 2 is 2.14 bits per heavy atom. The van der Waals surface area contributed by atoms with Crippen LogP contribution in [0.4, 0.5) is 5.69 Å². The van der Waals surface area contributed by atoms with Crippen LogP contribution in [0.25, 0.3) is 0 Å². The molecule has 5 nitrogen and oxygen atoms in total. The van der Waals surface area contributed by atoms with Gasteiger partial charge in [0.15, 0.2) is 0 Å². The van der Waals surface area contributed by atoms with E-state index in [0.717, 1.165) is 31.7 Å². The Hall–Kier alpha value is -1.62. The normalized spacial score (nSPS) is 12.0. The van der Waals surface area contributed by atoms with Gasteiger partial charge in [0, 0.05) is 6.07 Å². The molecule has 0 aromatic heterocycles. The van der Waals surface area contributed by atoms with Crippen LogP contribution in [0.3, 0.4) is 0 Å². The van der Waals surface area contributed by atoms with Crippen molar-refractivity contribution in [3.05, 3.63) is 38.9 Å². The summed E-state index contributed by atoms with van der Waals surface area (Å²) >= 11 is 5.71. The van der Waals surface area contributed by atoms with Crippen molar-refractivity contribution in [3.8, 4) is 0 Å². The van der Waals surface area contributed by atoms with Crippen molar-refractivity contribution in [3.63, 3.8) is 0 Å². The van der Waals surface area contributed by atoms with Crippen LogP contribution in [-0.2, 0) is 4.74 Å². The van der Waals surface area contributed by atoms with Crippen LogP contribution in [0, 0.1) is 16.0 Å². The molecule has 0 N–H and O–H groups in total. The fourth-order valence-corrected chi connectivity index (χ4v) is 2.14. The molecule has 6 heteroatoms. The smallest absolute Gasteiger partial charge is 0.338 e. The molecule has 0 spiro atoms. The summed E-state index contributed by atoms with van der Waals surface area (Å²) in [5.74, 6) is -0.221. The van der Waals surface area contributed by atoms with Gasteiger partial charge in [0.1, 0.15) is 5.02 Å². The molecule has 0 heterocycles. The second-order valence-corrected chi connectivity index (χ2v) is 5.35. The zero-order valence-electron chi connectivity index (χ0n) is 12.3. The second kappa shape index (κ2) is 8.62. The van der Waals surface area contributed by atoms with E-state index in [1.165, 1.54) is 12.1 Å². The van der Waals surface area contributed by atoms with E-state index in [2.05, 4.69) is 13.8 Å². The van der Waals surface area contributed by atoms with Gasteiger partial charge in [-0.2, -0.15) is 0 Å². The average Bonchev–Trinajstić information content (AvgIpc) is 2.47. The molecule has 1 aromatic carbocycles. The molecule has 0 aliphatic carbocycles. The van der Waals surface area contributed by atoms with Crippen LogP contribution in [0.15, 0.2) is 18.2 Å². The lowest BCUT2D eigenvalue weighted by atomic mass is 10.0. The Morgan fingerprint density at radius 1 is 1.43 bits per heavy atom. The molecule has 1 unspecified atom stereocenters. The molecular formula is C15H20ClNO4. The first-order chi connectivity index (χ1) is 9.99. The van der Waals surface area contributed by atoms with Crippen molar-refractivity contribution in [2.24, 2.45) is 5.92 Å². The quantitative estimate of drug-likeness (QED) is 0.399. The van der Waals surface area contributed by atoms with E-state index in [-0.39, 0.29) is 16.3 Å². The number of carbonyl (C=O) groups excluding carboxylic acids is 1. The highest BCUT2D eigenvalue weighted by Crippen LogP contribution is 2.25. The summed E-state index contributed by atoms with van der Waals surface area (Å²) in [5, 5.41) is 10.8. The molecule has 0 saturated heterocycles. The zero-order chi connectivity index (χ0) is 15.8. The number of unbranched alkanes of at least 4 members (excludes halogenated alkanes) is 1. The van der Waals surface area contributed by atoms with Crippen LogP contribution in [-0.4, -0.2) is 17.5 Å². The van der Waals surface area contributed by atoms with Gasteiger partial charge in [-0.1, -0.05) is 44.7 Å². The van der Waals surface area contributed by atoms with E-state index in [1.54, 1.807) is 0 Å². The number of nitro benzene ring substituents is 1. The third-order valence-electron chi connectivity index (χ3n) is 3.37. The number of hydrogen-bond acceptors (Lipinski definition) is 4. The lowest BCUT2D eigenvalue weighted by molar-refractivity contribution is -0.384.